The van der Waals surface area contributed by atoms with Gasteiger partial charge in [0.2, 0.25) is 5.91 Å². The number of carbonyl (C=O) groups is 2. The average Bonchev–Trinajstić information content (AvgIpc) is 2.93. The van der Waals surface area contributed by atoms with Crippen molar-refractivity contribution >= 4 is 11.9 Å². The minimum atomic E-state index is -0.983. The molecular weight excluding hydrogens is 222 g/mol. The molecule has 1 aromatic heterocycles. The molecule has 0 spiro atoms. The molecule has 2 N–H and O–H groups in total. The molecule has 1 aromatic rings. The summed E-state index contributed by atoms with van der Waals surface area (Å²) in [4.78, 5) is 22.5. The highest BCUT2D eigenvalue weighted by Crippen LogP contribution is 2.35. The summed E-state index contributed by atoms with van der Waals surface area (Å²) < 4.78 is 1.71. The van der Waals surface area contributed by atoms with Gasteiger partial charge in [-0.25, -0.2) is 4.79 Å². The highest BCUT2D eigenvalue weighted by molar-refractivity contribution is 5.89. The molecule has 0 bridgehead atoms. The molecule has 1 saturated carbocycles. The summed E-state index contributed by atoms with van der Waals surface area (Å²) in [7, 11) is 1.81. The smallest absolute Gasteiger partial charge is 0.329 e. The van der Waals surface area contributed by atoms with Gasteiger partial charge in [0.25, 0.3) is 0 Å². The Morgan fingerprint density at radius 3 is 2.76 bits per heavy atom. The van der Waals surface area contributed by atoms with Crippen LogP contribution in [-0.4, -0.2) is 32.3 Å². The lowest BCUT2D eigenvalue weighted by Gasteiger charge is -2.12. The summed E-state index contributed by atoms with van der Waals surface area (Å²) in [5, 5.41) is 15.5. The lowest BCUT2D eigenvalue weighted by molar-refractivity contribution is -0.143. The molecule has 1 heterocycles. The van der Waals surface area contributed by atoms with E-state index < -0.39 is 11.5 Å². The second-order valence-electron chi connectivity index (χ2n) is 4.38. The second-order valence-corrected chi connectivity index (χ2v) is 4.38. The number of aliphatic carboxylic acids is 1. The maximum Gasteiger partial charge on any atom is 0.329 e. The first kappa shape index (κ1) is 11.6. The highest BCUT2D eigenvalue weighted by atomic mass is 16.4. The fourth-order valence-corrected chi connectivity index (χ4v) is 1.73. The van der Waals surface area contributed by atoms with Crippen molar-refractivity contribution in [1.29, 1.82) is 0 Å². The summed E-state index contributed by atoms with van der Waals surface area (Å²) in [6.07, 6.45) is 3.58. The normalized spacial score (nSPS) is 16.5. The van der Waals surface area contributed by atoms with E-state index in [9.17, 15) is 9.59 Å². The van der Waals surface area contributed by atoms with Crippen LogP contribution >= 0.6 is 0 Å². The molecule has 0 aliphatic heterocycles. The molecule has 0 atom stereocenters. The Hall–Kier alpha value is -1.85. The van der Waals surface area contributed by atoms with Crippen LogP contribution < -0.4 is 5.32 Å². The molecule has 1 aliphatic carbocycles. The molecule has 92 valence electrons. The molecule has 1 fully saturated rings. The summed E-state index contributed by atoms with van der Waals surface area (Å²) in [5.41, 5.74) is -0.0240. The van der Waals surface area contributed by atoms with Gasteiger partial charge >= 0.3 is 5.97 Å². The fourth-order valence-electron chi connectivity index (χ4n) is 1.73. The van der Waals surface area contributed by atoms with E-state index >= 15 is 0 Å². The Morgan fingerprint density at radius 2 is 2.29 bits per heavy atom. The molecule has 2 rings (SSSR count). The molecule has 0 saturated heterocycles. The SMILES string of the molecule is Cn1nccc1CCC(=O)NC1(C(=O)O)CC1. The van der Waals surface area contributed by atoms with Crippen molar-refractivity contribution in [2.45, 2.75) is 31.2 Å². The number of amides is 1. The summed E-state index contributed by atoms with van der Waals surface area (Å²) in [5.74, 6) is -1.16. The first-order chi connectivity index (χ1) is 8.03. The minimum Gasteiger partial charge on any atom is -0.480 e. The Labute approximate surface area is 98.6 Å². The Balaban J connectivity index is 1.83. The third-order valence-electron chi connectivity index (χ3n) is 3.07. The zero-order chi connectivity index (χ0) is 12.5. The van der Waals surface area contributed by atoms with Crippen LogP contribution in [0, 0.1) is 0 Å². The maximum absolute atomic E-state index is 11.6. The first-order valence-electron chi connectivity index (χ1n) is 5.55. The van der Waals surface area contributed by atoms with Crippen LogP contribution in [0.1, 0.15) is 25.0 Å². The van der Waals surface area contributed by atoms with Gasteiger partial charge in [0, 0.05) is 25.4 Å². The highest BCUT2D eigenvalue weighted by Gasteiger charge is 2.51. The van der Waals surface area contributed by atoms with E-state index in [0.717, 1.165) is 5.69 Å². The van der Waals surface area contributed by atoms with Gasteiger partial charge in [-0.05, 0) is 25.3 Å². The number of hydrogen-bond donors (Lipinski definition) is 2. The first-order valence-corrected chi connectivity index (χ1v) is 5.55. The van der Waals surface area contributed by atoms with Crippen LogP contribution in [0.2, 0.25) is 0 Å². The lowest BCUT2D eigenvalue weighted by Crippen LogP contribution is -2.43. The average molecular weight is 237 g/mol. The van der Waals surface area contributed by atoms with Crippen LogP contribution in [-0.2, 0) is 23.1 Å². The van der Waals surface area contributed by atoms with Crippen molar-refractivity contribution < 1.29 is 14.7 Å². The van der Waals surface area contributed by atoms with Gasteiger partial charge in [-0.2, -0.15) is 5.10 Å². The molecular formula is C11H15N3O3. The molecule has 1 aliphatic rings. The molecule has 6 heteroatoms. The topological polar surface area (TPSA) is 84.2 Å². The van der Waals surface area contributed by atoms with E-state index in [-0.39, 0.29) is 12.3 Å². The van der Waals surface area contributed by atoms with Gasteiger partial charge in [-0.3, -0.25) is 9.48 Å². The van der Waals surface area contributed by atoms with Crippen LogP contribution in [0.5, 0.6) is 0 Å². The Bertz CT molecular complexity index is 449. The zero-order valence-electron chi connectivity index (χ0n) is 9.64. The molecule has 0 aromatic carbocycles. The van der Waals surface area contributed by atoms with Crippen LogP contribution in [0.4, 0.5) is 0 Å². The molecule has 6 nitrogen and oxygen atoms in total. The van der Waals surface area contributed by atoms with Gasteiger partial charge in [0.05, 0.1) is 0 Å². The van der Waals surface area contributed by atoms with Crippen molar-refractivity contribution in [3.8, 4) is 0 Å². The number of carboxylic acids is 1. The lowest BCUT2D eigenvalue weighted by atomic mass is 10.2. The molecule has 17 heavy (non-hydrogen) atoms. The minimum absolute atomic E-state index is 0.217. The van der Waals surface area contributed by atoms with Crippen molar-refractivity contribution in [3.63, 3.8) is 0 Å². The van der Waals surface area contributed by atoms with Crippen molar-refractivity contribution in [1.82, 2.24) is 15.1 Å². The third kappa shape index (κ3) is 2.46. The number of aryl methyl sites for hydroxylation is 2. The number of carbonyl (C=O) groups excluding carboxylic acids is 1. The number of hydrogen-bond acceptors (Lipinski definition) is 3. The summed E-state index contributed by atoms with van der Waals surface area (Å²) in [6, 6.07) is 1.84. The number of nitrogens with one attached hydrogen (secondary N) is 1. The zero-order valence-corrected chi connectivity index (χ0v) is 9.64. The van der Waals surface area contributed by atoms with Gasteiger partial charge < -0.3 is 10.4 Å². The summed E-state index contributed by atoms with van der Waals surface area (Å²) in [6.45, 7) is 0. The van der Waals surface area contributed by atoms with Crippen molar-refractivity contribution in [2.75, 3.05) is 0 Å². The van der Waals surface area contributed by atoms with Gasteiger partial charge in [0.1, 0.15) is 5.54 Å². The predicted octanol–water partition coefficient (Wildman–Crippen LogP) is 0.0861. The van der Waals surface area contributed by atoms with Crippen LogP contribution in [0.15, 0.2) is 12.3 Å². The molecule has 0 radical (unpaired) electrons. The van der Waals surface area contributed by atoms with Crippen LogP contribution in [0.3, 0.4) is 0 Å². The second kappa shape index (κ2) is 4.20. The number of aromatic nitrogens is 2. The van der Waals surface area contributed by atoms with E-state index in [1.165, 1.54) is 0 Å². The summed E-state index contributed by atoms with van der Waals surface area (Å²) >= 11 is 0. The maximum atomic E-state index is 11.6. The third-order valence-corrected chi connectivity index (χ3v) is 3.07. The van der Waals surface area contributed by atoms with Gasteiger partial charge in [-0.1, -0.05) is 0 Å². The predicted molar refractivity (Wildman–Crippen MR) is 59.3 cm³/mol. The standard InChI is InChI=1S/C11H15N3O3/c1-14-8(4-7-12-14)2-3-9(15)13-11(5-6-11)10(16)17/h4,7H,2-3,5-6H2,1H3,(H,13,15)(H,16,17). The molecule has 1 amide bonds. The quantitative estimate of drug-likeness (QED) is 0.760. The number of nitrogens with zero attached hydrogens (tertiary/aromatic N) is 2. The van der Waals surface area contributed by atoms with Crippen molar-refractivity contribution in [2.24, 2.45) is 7.05 Å². The fraction of sp³-hybridized carbons (Fsp3) is 0.545. The number of rotatable bonds is 5. The van der Waals surface area contributed by atoms with E-state index in [0.29, 0.717) is 19.3 Å². The number of carboxylic acid groups (broad SMARTS) is 1. The van der Waals surface area contributed by atoms with E-state index in [4.69, 9.17) is 5.11 Å². The molecule has 0 unspecified atom stereocenters. The van der Waals surface area contributed by atoms with Crippen LogP contribution in [0.25, 0.3) is 0 Å². The monoisotopic (exact) mass is 237 g/mol. The van der Waals surface area contributed by atoms with Gasteiger partial charge in [-0.15, -0.1) is 0 Å². The largest absolute Gasteiger partial charge is 0.480 e. The Morgan fingerprint density at radius 1 is 1.59 bits per heavy atom. The van der Waals surface area contributed by atoms with E-state index in [1.807, 2.05) is 13.1 Å². The Kier molecular flexibility index (Phi) is 2.87. The van der Waals surface area contributed by atoms with Gasteiger partial charge in [0.15, 0.2) is 0 Å². The van der Waals surface area contributed by atoms with E-state index in [2.05, 4.69) is 10.4 Å². The van der Waals surface area contributed by atoms with E-state index in [1.54, 1.807) is 10.9 Å². The van der Waals surface area contributed by atoms with Crippen molar-refractivity contribution in [3.05, 3.63) is 18.0 Å².